The fourth-order valence-electron chi connectivity index (χ4n) is 0.360. The number of nitrogens with one attached hydrogen (secondary N) is 1. The van der Waals surface area contributed by atoms with E-state index in [-0.39, 0.29) is 12.0 Å². The van der Waals surface area contributed by atoms with E-state index in [1.165, 1.54) is 0 Å². The maximum Gasteiger partial charge on any atom is 0.251 e. The van der Waals surface area contributed by atoms with Gasteiger partial charge in [-0.05, 0) is 0 Å². The second-order valence-corrected chi connectivity index (χ2v) is 1.44. The molecule has 3 nitrogen and oxygen atoms in total. The molecule has 0 aromatic rings. The van der Waals surface area contributed by atoms with E-state index < -0.39 is 0 Å². The monoisotopic (exact) mass is 101 g/mol. The van der Waals surface area contributed by atoms with Crippen LogP contribution in [0.3, 0.4) is 0 Å². The van der Waals surface area contributed by atoms with E-state index in [4.69, 9.17) is 0 Å². The molecule has 40 valence electrons. The highest BCUT2D eigenvalue weighted by molar-refractivity contribution is 5.82. The van der Waals surface area contributed by atoms with E-state index in [0.717, 1.165) is 0 Å². The van der Waals surface area contributed by atoms with Gasteiger partial charge in [0, 0.05) is 7.05 Å². The van der Waals surface area contributed by atoms with Crippen LogP contribution in [0.1, 0.15) is 0 Å². The van der Waals surface area contributed by atoms with Gasteiger partial charge in [0.2, 0.25) is 0 Å². The van der Waals surface area contributed by atoms with Crippen molar-refractivity contribution in [3.05, 3.63) is 0 Å². The summed E-state index contributed by atoms with van der Waals surface area (Å²) in [7, 11) is 1.60. The number of carbonyl (C=O) groups excluding carboxylic acids is 1. The summed E-state index contributed by atoms with van der Waals surface area (Å²) in [5.74, 6) is -0.0139. The van der Waals surface area contributed by atoms with Crippen molar-refractivity contribution in [2.24, 2.45) is 0 Å². The van der Waals surface area contributed by atoms with Crippen molar-refractivity contribution >= 4 is 5.91 Å². The summed E-state index contributed by atoms with van der Waals surface area (Å²) in [5.41, 5.74) is 0. The van der Waals surface area contributed by atoms with Crippen LogP contribution in [0.4, 0.5) is 0 Å². The second kappa shape index (κ2) is 1.50. The van der Waals surface area contributed by atoms with Gasteiger partial charge in [0.25, 0.3) is 5.91 Å². The van der Waals surface area contributed by atoms with Gasteiger partial charge in [0.1, 0.15) is 0 Å². The van der Waals surface area contributed by atoms with Gasteiger partial charge in [0.15, 0.2) is 6.10 Å². The topological polar surface area (TPSA) is 41.6 Å². The van der Waals surface area contributed by atoms with Crippen LogP contribution >= 0.6 is 0 Å². The minimum atomic E-state index is -0.134. The van der Waals surface area contributed by atoms with Gasteiger partial charge in [-0.15, -0.1) is 0 Å². The molecule has 0 bridgehead atoms. The zero-order chi connectivity index (χ0) is 5.28. The molecule has 1 rings (SSSR count). The van der Waals surface area contributed by atoms with E-state index in [0.29, 0.717) is 6.61 Å². The Bertz CT molecular complexity index is 87.7. The number of likely N-dealkylation sites (N-methyl/N-ethyl adjacent to an activating group) is 1. The molecule has 0 unspecified atom stereocenters. The number of ether oxygens (including phenoxy) is 1. The molecule has 1 fully saturated rings. The first-order valence-electron chi connectivity index (χ1n) is 2.18. The number of hydrogen-bond acceptors (Lipinski definition) is 2. The van der Waals surface area contributed by atoms with Crippen LogP contribution < -0.4 is 5.32 Å². The van der Waals surface area contributed by atoms with Crippen LogP contribution in [0.25, 0.3) is 0 Å². The van der Waals surface area contributed by atoms with Crippen LogP contribution in [0.15, 0.2) is 0 Å². The van der Waals surface area contributed by atoms with Crippen molar-refractivity contribution in [1.82, 2.24) is 5.32 Å². The Morgan fingerprint density at radius 2 is 2.57 bits per heavy atom. The Morgan fingerprint density at radius 3 is 2.71 bits per heavy atom. The highest BCUT2D eigenvalue weighted by atomic mass is 16.6. The fraction of sp³-hybridized carbons (Fsp3) is 0.750. The third-order valence-electron chi connectivity index (χ3n) is 0.872. The highest BCUT2D eigenvalue weighted by Gasteiger charge is 2.29. The summed E-state index contributed by atoms with van der Waals surface area (Å²) in [4.78, 5) is 10.3. The molecule has 1 atom stereocenters. The molecule has 0 radical (unpaired) electrons. The minimum absolute atomic E-state index is 0.0139. The van der Waals surface area contributed by atoms with Crippen molar-refractivity contribution < 1.29 is 9.53 Å². The molecule has 0 aromatic heterocycles. The van der Waals surface area contributed by atoms with Crippen molar-refractivity contribution in [2.45, 2.75) is 6.10 Å². The SMILES string of the molecule is CNC(=O)[C@H]1CO1. The molecule has 0 spiro atoms. The molecule has 0 aliphatic carbocycles. The summed E-state index contributed by atoms with van der Waals surface area (Å²) >= 11 is 0. The standard InChI is InChI=1S/C4H7NO2/c1-5-4(6)3-2-7-3/h3H,2H2,1H3,(H,5,6)/t3-/m1/s1. The van der Waals surface area contributed by atoms with Gasteiger partial charge in [-0.25, -0.2) is 0 Å². The maximum atomic E-state index is 10.3. The lowest BCUT2D eigenvalue weighted by Crippen LogP contribution is -2.23. The molecule has 7 heavy (non-hydrogen) atoms. The van der Waals surface area contributed by atoms with Gasteiger partial charge < -0.3 is 10.1 Å². The average molecular weight is 101 g/mol. The quantitative estimate of drug-likeness (QED) is 0.436. The molecule has 1 heterocycles. The number of amides is 1. The molecule has 1 amide bonds. The summed E-state index contributed by atoms with van der Waals surface area (Å²) in [6.07, 6.45) is -0.134. The molecule has 0 saturated carbocycles. The Balaban J connectivity index is 2.24. The first-order valence-corrected chi connectivity index (χ1v) is 2.18. The van der Waals surface area contributed by atoms with E-state index in [1.807, 2.05) is 0 Å². The van der Waals surface area contributed by atoms with E-state index in [2.05, 4.69) is 10.1 Å². The van der Waals surface area contributed by atoms with Crippen LogP contribution in [-0.2, 0) is 9.53 Å². The smallest absolute Gasteiger partial charge is 0.251 e. The average Bonchev–Trinajstić information content (AvgIpc) is 2.44. The molecular weight excluding hydrogens is 94.0 g/mol. The van der Waals surface area contributed by atoms with Gasteiger partial charge in [-0.2, -0.15) is 0 Å². The van der Waals surface area contributed by atoms with Crippen molar-refractivity contribution in [2.75, 3.05) is 13.7 Å². The molecule has 1 aliphatic heterocycles. The normalized spacial score (nSPS) is 26.7. The van der Waals surface area contributed by atoms with Gasteiger partial charge in [-0.1, -0.05) is 0 Å². The van der Waals surface area contributed by atoms with Gasteiger partial charge in [-0.3, -0.25) is 4.79 Å². The van der Waals surface area contributed by atoms with E-state index in [1.54, 1.807) is 7.05 Å². The van der Waals surface area contributed by atoms with Gasteiger partial charge >= 0.3 is 0 Å². The largest absolute Gasteiger partial charge is 0.363 e. The summed E-state index contributed by atoms with van der Waals surface area (Å²) in [6, 6.07) is 0. The van der Waals surface area contributed by atoms with Crippen molar-refractivity contribution in [3.63, 3.8) is 0 Å². The van der Waals surface area contributed by atoms with Crippen molar-refractivity contribution in [1.29, 1.82) is 0 Å². The number of epoxide rings is 1. The lowest BCUT2D eigenvalue weighted by molar-refractivity contribution is -0.121. The Hall–Kier alpha value is -0.570. The van der Waals surface area contributed by atoms with Crippen LogP contribution in [0.5, 0.6) is 0 Å². The van der Waals surface area contributed by atoms with Crippen molar-refractivity contribution in [3.8, 4) is 0 Å². The molecule has 0 aromatic carbocycles. The molecule has 1 N–H and O–H groups in total. The molecular formula is C4H7NO2. The summed E-state index contributed by atoms with van der Waals surface area (Å²) in [6.45, 7) is 0.597. The fourth-order valence-corrected chi connectivity index (χ4v) is 0.360. The summed E-state index contributed by atoms with van der Waals surface area (Å²) in [5, 5.41) is 2.46. The van der Waals surface area contributed by atoms with Crippen LogP contribution in [-0.4, -0.2) is 25.7 Å². The third kappa shape index (κ3) is 0.899. The lowest BCUT2D eigenvalue weighted by Gasteiger charge is -1.87. The lowest BCUT2D eigenvalue weighted by atomic mass is 10.5. The second-order valence-electron chi connectivity index (χ2n) is 1.44. The predicted octanol–water partition coefficient (Wildman–Crippen LogP) is -0.869. The van der Waals surface area contributed by atoms with Gasteiger partial charge in [0.05, 0.1) is 6.61 Å². The number of hydrogen-bond donors (Lipinski definition) is 1. The zero-order valence-electron chi connectivity index (χ0n) is 4.10. The Morgan fingerprint density at radius 1 is 2.00 bits per heavy atom. The molecule has 1 aliphatic rings. The first kappa shape index (κ1) is 4.59. The van der Waals surface area contributed by atoms with E-state index >= 15 is 0 Å². The van der Waals surface area contributed by atoms with E-state index in [9.17, 15) is 4.79 Å². The van der Waals surface area contributed by atoms with Crippen LogP contribution in [0.2, 0.25) is 0 Å². The third-order valence-corrected chi connectivity index (χ3v) is 0.872. The predicted molar refractivity (Wildman–Crippen MR) is 23.8 cm³/mol. The number of carbonyl (C=O) groups is 1. The summed E-state index contributed by atoms with van der Waals surface area (Å²) < 4.78 is 4.65. The molecule has 1 saturated heterocycles. The van der Waals surface area contributed by atoms with Crippen LogP contribution in [0, 0.1) is 0 Å². The Kier molecular flexibility index (Phi) is 0.982. The zero-order valence-corrected chi connectivity index (χ0v) is 4.10. The first-order chi connectivity index (χ1) is 3.34. The number of rotatable bonds is 1. The molecule has 3 heteroatoms. The minimum Gasteiger partial charge on any atom is -0.363 e. The highest BCUT2D eigenvalue weighted by Crippen LogP contribution is 2.06. The maximum absolute atomic E-state index is 10.3. The Labute approximate surface area is 41.7 Å².